The molecule has 0 aliphatic carbocycles. The number of hydrogen-bond acceptors (Lipinski definition) is 14. The van der Waals surface area contributed by atoms with Crippen molar-refractivity contribution in [2.45, 2.75) is 57.5 Å². The Labute approximate surface area is 340 Å². The number of carbonyl (C=O) groups excluding carboxylic acids is 1. The number of oxazole rings is 4. The number of hydrogen-bond donors (Lipinski definition) is 2. The number of thioether (sulfide) groups is 1. The van der Waals surface area contributed by atoms with E-state index in [0.717, 1.165) is 22.6 Å². The number of methoxy groups -OCH3 is 1. The first-order valence-corrected chi connectivity index (χ1v) is 22.1. The molecule has 14 nitrogen and oxygen atoms in total. The van der Waals surface area contributed by atoms with Gasteiger partial charge >= 0.3 is 35.5 Å². The second-order valence-electron chi connectivity index (χ2n) is 8.28. The van der Waals surface area contributed by atoms with E-state index < -0.39 is 5.97 Å². The number of aryl methyl sites for hydroxylation is 5. The average molecular weight is 973 g/mol. The van der Waals surface area contributed by atoms with E-state index >= 15 is 0 Å². The van der Waals surface area contributed by atoms with Crippen molar-refractivity contribution in [2.75, 3.05) is 7.11 Å². The van der Waals surface area contributed by atoms with E-state index in [1.807, 2.05) is 6.92 Å². The number of esters is 1. The molecule has 0 fully saturated rings. The van der Waals surface area contributed by atoms with Gasteiger partial charge in [0.05, 0.1) is 25.1 Å². The summed E-state index contributed by atoms with van der Waals surface area (Å²) in [5.41, 5.74) is 3.16. The quantitative estimate of drug-likeness (QED) is 0.0581. The van der Waals surface area contributed by atoms with Crippen LogP contribution in [0.5, 0.6) is 0 Å². The van der Waals surface area contributed by atoms with Crippen molar-refractivity contribution in [3.63, 3.8) is 0 Å². The normalized spacial score (nSPS) is 9.50. The Balaban J connectivity index is -0.000000565. The molecule has 5 aromatic rings. The molecule has 0 spiro atoms. The minimum absolute atomic E-state index is 0. The average Bonchev–Trinajstić information content (AvgIpc) is 3.81. The van der Waals surface area contributed by atoms with Gasteiger partial charge < -0.3 is 33.9 Å². The van der Waals surface area contributed by atoms with Crippen molar-refractivity contribution < 1.29 is 63.3 Å². The summed E-state index contributed by atoms with van der Waals surface area (Å²) in [6.45, 7) is 8.76. The molecular weight excluding hydrogens is 941 g/mol. The summed E-state index contributed by atoms with van der Waals surface area (Å²) in [5, 5.41) is 9.80. The summed E-state index contributed by atoms with van der Waals surface area (Å²) < 4.78 is 23.8. The van der Waals surface area contributed by atoms with E-state index in [2.05, 4.69) is 97.0 Å². The van der Waals surface area contributed by atoms with Gasteiger partial charge in [0.25, 0.3) is 5.56 Å². The van der Waals surface area contributed by atoms with E-state index in [1.54, 1.807) is 40.2 Å². The Morgan fingerprint density at radius 1 is 0.875 bits per heavy atom. The van der Waals surface area contributed by atoms with E-state index in [-0.39, 0.29) is 61.3 Å². The van der Waals surface area contributed by atoms with Crippen molar-refractivity contribution in [2.24, 2.45) is 0 Å². The number of aromatic amines is 1. The number of rotatable bonds is 6. The number of nitrogens with one attached hydrogen (secondary N) is 1. The monoisotopic (exact) mass is 969 g/mol. The molecule has 2 N–H and O–H groups in total. The zero-order valence-electron chi connectivity index (χ0n) is 28.0. The molecule has 0 saturated carbocycles. The first-order valence-electron chi connectivity index (χ1n) is 12.6. The predicted octanol–water partition coefficient (Wildman–Crippen LogP) is 4.92. The Bertz CT molecular complexity index is 1620. The van der Waals surface area contributed by atoms with Gasteiger partial charge in [-0.3, -0.25) is 4.79 Å². The molecule has 5 rings (SSSR count). The molecule has 0 aliphatic rings. The zero-order valence-corrected chi connectivity index (χ0v) is 37.0. The molecule has 0 bridgehead atoms. The largest absolute Gasteiger partial charge is 1.00 e. The van der Waals surface area contributed by atoms with Crippen LogP contribution in [0.4, 0.5) is 0 Å². The minimum Gasteiger partial charge on any atom is -1.00 e. The number of aliphatic hydroxyl groups excluding tert-OH is 1. The summed E-state index contributed by atoms with van der Waals surface area (Å²) >= 11 is 14.2. The predicted molar refractivity (Wildman–Crippen MR) is 195 cm³/mol. The summed E-state index contributed by atoms with van der Waals surface area (Å²) in [5.74, 6) is 2.57. The van der Waals surface area contributed by atoms with Gasteiger partial charge in [-0.25, -0.2) is 29.7 Å². The smallest absolute Gasteiger partial charge is 1.00 e. The summed E-state index contributed by atoms with van der Waals surface area (Å²) in [7, 11) is 1.30. The molecule has 22 heteroatoms. The second-order valence-corrected chi connectivity index (χ2v) is 25.1. The van der Waals surface area contributed by atoms with Crippen molar-refractivity contribution in [1.29, 1.82) is 0 Å². The van der Waals surface area contributed by atoms with Crippen molar-refractivity contribution >= 4 is 92.6 Å². The van der Waals surface area contributed by atoms with Crippen molar-refractivity contribution in [1.82, 2.24) is 29.9 Å². The third kappa shape index (κ3) is 22.6. The molecule has 0 unspecified atom stereocenters. The van der Waals surface area contributed by atoms with Gasteiger partial charge in [0, 0.05) is 59.0 Å². The van der Waals surface area contributed by atoms with Crippen LogP contribution in [0.3, 0.4) is 0 Å². The van der Waals surface area contributed by atoms with Crippen LogP contribution in [0.2, 0.25) is 0 Å². The van der Waals surface area contributed by atoms with E-state index in [9.17, 15) is 9.59 Å². The topological polar surface area (TPSA) is 196 Å². The Kier molecular flexibility index (Phi) is 28.2. The number of aromatic nitrogens is 6. The number of nitrogens with zero attached hydrogens (tertiary/aromatic N) is 5. The number of alkyl halides is 1. The second kappa shape index (κ2) is 27.6. The standard InChI is InChI=1S/C10H11N3O2S.C6H7NO3.C5H6BrNO.C5H7NO2.B.Br3P.Na.H/c1-6-3-9(14)13-10(11-6)16-5-8-4-15-7(2)12-8;1-4-7-5(3-10-4)6(8)9-2;1-4-7-5(2-6)3-8-4;1-4-6-5(2-7)3-8-4;;1-4(2)3;;/h3-4H,5H2,1-2H3,(H,11,13,14);3H,1-2H3;3H,2H2,1H3;3,7H,2H2,1H3;;;;/q;;;;;;+1;-1. The van der Waals surface area contributed by atoms with Gasteiger partial charge in [0.15, 0.2) is 34.4 Å². The molecule has 0 saturated heterocycles. The molecular formula is C26H32BBr4N6NaO8PS. The number of aliphatic hydroxyl groups is 1. The molecule has 0 aliphatic heterocycles. The maximum atomic E-state index is 11.2. The van der Waals surface area contributed by atoms with Crippen LogP contribution in [0.1, 0.15) is 58.3 Å². The number of carbonyl (C=O) groups is 1. The van der Waals surface area contributed by atoms with Crippen LogP contribution in [0.25, 0.3) is 0 Å². The Morgan fingerprint density at radius 2 is 1.33 bits per heavy atom. The molecule has 5 heterocycles. The summed E-state index contributed by atoms with van der Waals surface area (Å²) in [6, 6.07) is 1.46. The van der Waals surface area contributed by atoms with Gasteiger partial charge in [-0.05, 0) is 53.4 Å². The SMILES string of the molecule is BrP(Br)Br.COC(=O)c1coc(C)n1.Cc1cc(=O)[nH]c(SCc2coc(C)n2)n1.Cc1nc(CBr)co1.Cc1nc(CO)co1.[B].[H-].[Na+]. The molecule has 5 aromatic heterocycles. The van der Waals surface area contributed by atoms with Crippen molar-refractivity contribution in [3.8, 4) is 0 Å². The molecule has 3 radical (unpaired) electrons. The van der Waals surface area contributed by atoms with Crippen LogP contribution in [-0.4, -0.2) is 56.5 Å². The van der Waals surface area contributed by atoms with Crippen LogP contribution in [0, 0.1) is 34.6 Å². The van der Waals surface area contributed by atoms with Gasteiger partial charge in [-0.15, -0.1) is 0 Å². The minimum atomic E-state index is -0.475. The molecule has 48 heavy (non-hydrogen) atoms. The third-order valence-electron chi connectivity index (χ3n) is 4.52. The Morgan fingerprint density at radius 3 is 1.67 bits per heavy atom. The van der Waals surface area contributed by atoms with Gasteiger partial charge in [-0.2, -0.15) is 0 Å². The molecule has 0 amide bonds. The van der Waals surface area contributed by atoms with E-state index in [1.165, 1.54) is 37.5 Å². The van der Waals surface area contributed by atoms with Gasteiger partial charge in [0.2, 0.25) is 0 Å². The number of ether oxygens (including phenoxy) is 1. The van der Waals surface area contributed by atoms with Crippen LogP contribution < -0.4 is 35.1 Å². The number of H-pyrrole nitrogens is 1. The molecule has 257 valence electrons. The molecule has 0 aromatic carbocycles. The maximum absolute atomic E-state index is 11.2. The summed E-state index contributed by atoms with van der Waals surface area (Å²) in [4.78, 5) is 44.5. The Hall–Kier alpha value is -1.09. The van der Waals surface area contributed by atoms with Crippen LogP contribution in [-0.2, 0) is 22.4 Å². The van der Waals surface area contributed by atoms with Gasteiger partial charge in [-0.1, -0.05) is 27.7 Å². The molecule has 0 atom stereocenters. The van der Waals surface area contributed by atoms with E-state index in [0.29, 0.717) is 40.0 Å². The zero-order chi connectivity index (χ0) is 34.6. The fourth-order valence-corrected chi connectivity index (χ4v) is 3.81. The summed E-state index contributed by atoms with van der Waals surface area (Å²) in [6.07, 6.45) is 5.96. The first-order chi connectivity index (χ1) is 21.8. The van der Waals surface area contributed by atoms with Crippen LogP contribution in [0.15, 0.2) is 58.7 Å². The van der Waals surface area contributed by atoms with E-state index in [4.69, 9.17) is 22.8 Å². The van der Waals surface area contributed by atoms with Gasteiger partial charge in [0.1, 0.15) is 34.8 Å². The third-order valence-corrected chi connectivity index (χ3v) is 6.00. The maximum Gasteiger partial charge on any atom is 1.00 e. The number of halogens is 4. The fourth-order valence-electron chi connectivity index (χ4n) is 2.75. The van der Waals surface area contributed by atoms with Crippen molar-refractivity contribution in [3.05, 3.63) is 93.5 Å². The van der Waals surface area contributed by atoms with Crippen LogP contribution >= 0.6 is 78.2 Å². The fraction of sp³-hybridized carbons (Fsp3) is 0.346. The first kappa shape index (κ1) is 49.0.